The molecule has 1 aromatic heterocycles. The number of anilines is 1. The topological polar surface area (TPSA) is 67.2 Å². The molecule has 0 aliphatic rings. The van der Waals surface area contributed by atoms with Crippen molar-refractivity contribution in [2.45, 2.75) is 19.9 Å². The molecule has 94 valence electrons. The number of phenols is 1. The molecule has 1 unspecified atom stereocenters. The zero-order valence-electron chi connectivity index (χ0n) is 10.3. The quantitative estimate of drug-likeness (QED) is 0.870. The number of aromatic nitrogens is 2. The largest absolute Gasteiger partial charge is 0.508 e. The fourth-order valence-corrected chi connectivity index (χ4v) is 1.60. The van der Waals surface area contributed by atoms with Crippen molar-refractivity contribution in [1.82, 2.24) is 9.78 Å². The summed E-state index contributed by atoms with van der Waals surface area (Å²) >= 11 is 0. The summed E-state index contributed by atoms with van der Waals surface area (Å²) in [6.45, 7) is 3.64. The molecule has 0 radical (unpaired) electrons. The summed E-state index contributed by atoms with van der Waals surface area (Å²) in [5.41, 5.74) is 1.43. The monoisotopic (exact) mass is 245 g/mol. The number of aryl methyl sites for hydroxylation is 1. The van der Waals surface area contributed by atoms with E-state index in [1.165, 1.54) is 6.07 Å². The molecule has 2 rings (SSSR count). The highest BCUT2D eigenvalue weighted by Gasteiger charge is 2.15. The van der Waals surface area contributed by atoms with Crippen LogP contribution in [0.15, 0.2) is 36.5 Å². The van der Waals surface area contributed by atoms with Gasteiger partial charge in [0.1, 0.15) is 11.8 Å². The van der Waals surface area contributed by atoms with Gasteiger partial charge in [-0.05, 0) is 32.0 Å². The third-order valence-electron chi connectivity index (χ3n) is 2.63. The van der Waals surface area contributed by atoms with Crippen molar-refractivity contribution in [2.24, 2.45) is 0 Å². The SMILES string of the molecule is Cc1ccn(C(C)C(=O)Nc2cccc(O)c2)n1. The van der Waals surface area contributed by atoms with E-state index in [1.54, 1.807) is 36.0 Å². The Kier molecular flexibility index (Phi) is 3.32. The summed E-state index contributed by atoms with van der Waals surface area (Å²) in [6.07, 6.45) is 1.77. The van der Waals surface area contributed by atoms with Gasteiger partial charge >= 0.3 is 0 Å². The first-order valence-corrected chi connectivity index (χ1v) is 5.68. The average molecular weight is 245 g/mol. The van der Waals surface area contributed by atoms with Gasteiger partial charge in [0, 0.05) is 18.0 Å². The van der Waals surface area contributed by atoms with Gasteiger partial charge in [-0.3, -0.25) is 9.48 Å². The summed E-state index contributed by atoms with van der Waals surface area (Å²) in [5, 5.41) is 16.2. The molecule has 2 N–H and O–H groups in total. The maximum Gasteiger partial charge on any atom is 0.248 e. The molecular weight excluding hydrogens is 230 g/mol. The summed E-state index contributed by atoms with van der Waals surface area (Å²) in [4.78, 5) is 12.0. The van der Waals surface area contributed by atoms with Crippen molar-refractivity contribution in [3.8, 4) is 5.75 Å². The predicted molar refractivity (Wildman–Crippen MR) is 68.4 cm³/mol. The number of benzene rings is 1. The Bertz CT molecular complexity index is 563. The van der Waals surface area contributed by atoms with Crippen LogP contribution in [-0.4, -0.2) is 20.8 Å². The van der Waals surface area contributed by atoms with E-state index in [-0.39, 0.29) is 11.7 Å². The molecule has 0 saturated carbocycles. The number of rotatable bonds is 3. The maximum absolute atomic E-state index is 12.0. The van der Waals surface area contributed by atoms with Crippen molar-refractivity contribution in [3.63, 3.8) is 0 Å². The van der Waals surface area contributed by atoms with Crippen LogP contribution < -0.4 is 5.32 Å². The zero-order chi connectivity index (χ0) is 13.1. The van der Waals surface area contributed by atoms with Crippen LogP contribution in [0.5, 0.6) is 5.75 Å². The molecule has 0 bridgehead atoms. The Hall–Kier alpha value is -2.30. The lowest BCUT2D eigenvalue weighted by Gasteiger charge is -2.12. The Morgan fingerprint density at radius 2 is 2.22 bits per heavy atom. The number of hydrogen-bond donors (Lipinski definition) is 2. The van der Waals surface area contributed by atoms with E-state index in [0.29, 0.717) is 5.69 Å². The number of carbonyl (C=O) groups is 1. The minimum absolute atomic E-state index is 0.121. The standard InChI is InChI=1S/C13H15N3O2/c1-9-6-7-16(15-9)10(2)13(18)14-11-4-3-5-12(17)8-11/h3-8,10,17H,1-2H3,(H,14,18). The first-order valence-electron chi connectivity index (χ1n) is 5.68. The van der Waals surface area contributed by atoms with Crippen LogP contribution in [0.25, 0.3) is 0 Å². The second-order valence-corrected chi connectivity index (χ2v) is 4.15. The lowest BCUT2D eigenvalue weighted by atomic mass is 10.2. The van der Waals surface area contributed by atoms with Gasteiger partial charge in [-0.15, -0.1) is 0 Å². The number of carbonyl (C=O) groups excluding carboxylic acids is 1. The van der Waals surface area contributed by atoms with Gasteiger partial charge in [-0.25, -0.2) is 0 Å². The van der Waals surface area contributed by atoms with E-state index in [1.807, 2.05) is 13.0 Å². The molecule has 18 heavy (non-hydrogen) atoms. The van der Waals surface area contributed by atoms with Gasteiger partial charge in [-0.1, -0.05) is 6.07 Å². The number of nitrogens with zero attached hydrogens (tertiary/aromatic N) is 2. The Morgan fingerprint density at radius 3 is 2.83 bits per heavy atom. The van der Waals surface area contributed by atoms with Crippen molar-refractivity contribution in [1.29, 1.82) is 0 Å². The predicted octanol–water partition coefficient (Wildman–Crippen LogP) is 2.10. The van der Waals surface area contributed by atoms with Gasteiger partial charge in [0.15, 0.2) is 0 Å². The van der Waals surface area contributed by atoms with Gasteiger partial charge < -0.3 is 10.4 Å². The molecule has 5 heteroatoms. The Balaban J connectivity index is 2.08. The molecule has 2 aromatic rings. The van der Waals surface area contributed by atoms with E-state index in [2.05, 4.69) is 10.4 Å². The highest BCUT2D eigenvalue weighted by atomic mass is 16.3. The lowest BCUT2D eigenvalue weighted by Crippen LogP contribution is -2.24. The normalized spacial score (nSPS) is 12.1. The summed E-state index contributed by atoms with van der Waals surface area (Å²) < 4.78 is 1.60. The van der Waals surface area contributed by atoms with Crippen LogP contribution in [0, 0.1) is 6.92 Å². The van der Waals surface area contributed by atoms with Crippen molar-refractivity contribution in [3.05, 3.63) is 42.2 Å². The number of phenolic OH excluding ortho intramolecular Hbond substituents is 1. The molecule has 1 amide bonds. The van der Waals surface area contributed by atoms with Gasteiger partial charge in [0.25, 0.3) is 0 Å². The summed E-state index contributed by atoms with van der Waals surface area (Å²) in [7, 11) is 0. The highest BCUT2D eigenvalue weighted by Crippen LogP contribution is 2.17. The maximum atomic E-state index is 12.0. The van der Waals surface area contributed by atoms with E-state index < -0.39 is 6.04 Å². The number of aromatic hydroxyl groups is 1. The third-order valence-corrected chi connectivity index (χ3v) is 2.63. The van der Waals surface area contributed by atoms with E-state index in [9.17, 15) is 9.90 Å². The number of nitrogens with one attached hydrogen (secondary N) is 1. The van der Waals surface area contributed by atoms with E-state index >= 15 is 0 Å². The van der Waals surface area contributed by atoms with Crippen LogP contribution in [0.2, 0.25) is 0 Å². The van der Waals surface area contributed by atoms with Crippen LogP contribution in [0.3, 0.4) is 0 Å². The molecule has 0 fully saturated rings. The first kappa shape index (κ1) is 12.2. The smallest absolute Gasteiger partial charge is 0.248 e. The van der Waals surface area contributed by atoms with Crippen LogP contribution in [0.4, 0.5) is 5.69 Å². The molecular formula is C13H15N3O2. The molecule has 0 aliphatic heterocycles. The van der Waals surface area contributed by atoms with Crippen molar-refractivity contribution in [2.75, 3.05) is 5.32 Å². The van der Waals surface area contributed by atoms with Crippen LogP contribution >= 0.6 is 0 Å². The molecule has 1 atom stereocenters. The first-order chi connectivity index (χ1) is 8.56. The average Bonchev–Trinajstić information content (AvgIpc) is 2.75. The van der Waals surface area contributed by atoms with Crippen LogP contribution in [0.1, 0.15) is 18.7 Å². The molecule has 5 nitrogen and oxygen atoms in total. The minimum atomic E-state index is -0.402. The van der Waals surface area contributed by atoms with E-state index in [0.717, 1.165) is 5.69 Å². The lowest BCUT2D eigenvalue weighted by molar-refractivity contribution is -0.119. The van der Waals surface area contributed by atoms with Crippen molar-refractivity contribution >= 4 is 11.6 Å². The fourth-order valence-electron chi connectivity index (χ4n) is 1.60. The van der Waals surface area contributed by atoms with Crippen molar-refractivity contribution < 1.29 is 9.90 Å². The molecule has 0 saturated heterocycles. The second kappa shape index (κ2) is 4.91. The zero-order valence-corrected chi connectivity index (χ0v) is 10.3. The molecule has 1 heterocycles. The van der Waals surface area contributed by atoms with Gasteiger partial charge in [0.2, 0.25) is 5.91 Å². The number of amides is 1. The fraction of sp³-hybridized carbons (Fsp3) is 0.231. The Morgan fingerprint density at radius 1 is 1.44 bits per heavy atom. The second-order valence-electron chi connectivity index (χ2n) is 4.15. The highest BCUT2D eigenvalue weighted by molar-refractivity contribution is 5.93. The van der Waals surface area contributed by atoms with E-state index in [4.69, 9.17) is 0 Å². The summed E-state index contributed by atoms with van der Waals surface area (Å²) in [6, 6.07) is 7.89. The third kappa shape index (κ3) is 2.68. The minimum Gasteiger partial charge on any atom is -0.508 e. The Labute approximate surface area is 105 Å². The van der Waals surface area contributed by atoms with Gasteiger partial charge in [0.05, 0.1) is 5.69 Å². The molecule has 0 aliphatic carbocycles. The van der Waals surface area contributed by atoms with Crippen LogP contribution in [-0.2, 0) is 4.79 Å². The summed E-state index contributed by atoms with van der Waals surface area (Å²) in [5.74, 6) is -0.0564. The molecule has 0 spiro atoms. The van der Waals surface area contributed by atoms with Gasteiger partial charge in [-0.2, -0.15) is 5.10 Å². The molecule has 1 aromatic carbocycles. The number of hydrogen-bond acceptors (Lipinski definition) is 3.